The zero-order chi connectivity index (χ0) is 13.7. The number of aryl methyl sites for hydroxylation is 2. The molecule has 0 aliphatic rings. The van der Waals surface area contributed by atoms with Crippen molar-refractivity contribution in [2.75, 3.05) is 5.32 Å². The molecule has 0 radical (unpaired) electrons. The Bertz CT molecular complexity index is 472. The maximum absolute atomic E-state index is 11.7. The number of aromatic hydroxyl groups is 1. The summed E-state index contributed by atoms with van der Waals surface area (Å²) in [4.78, 5) is 11.7. The van der Waals surface area contributed by atoms with E-state index in [0.29, 0.717) is 6.42 Å². The molecule has 18 heavy (non-hydrogen) atoms. The zero-order valence-corrected chi connectivity index (χ0v) is 11.5. The highest BCUT2D eigenvalue weighted by molar-refractivity contribution is 5.91. The number of carbonyl (C=O) groups excluding carboxylic acids is 1. The number of anilines is 1. The summed E-state index contributed by atoms with van der Waals surface area (Å²) < 4.78 is 0. The predicted octanol–water partition coefficient (Wildman–Crippen LogP) is 3.69. The van der Waals surface area contributed by atoms with Gasteiger partial charge in [-0.15, -0.1) is 0 Å². The van der Waals surface area contributed by atoms with Gasteiger partial charge in [-0.05, 0) is 57.4 Å². The van der Waals surface area contributed by atoms with Gasteiger partial charge in [-0.2, -0.15) is 0 Å². The van der Waals surface area contributed by atoms with Crippen LogP contribution in [0.25, 0.3) is 0 Å². The van der Waals surface area contributed by atoms with Crippen LogP contribution < -0.4 is 5.32 Å². The number of benzene rings is 1. The van der Waals surface area contributed by atoms with Gasteiger partial charge in [0.05, 0.1) is 0 Å². The fourth-order valence-corrected chi connectivity index (χ4v) is 1.64. The van der Waals surface area contributed by atoms with Crippen molar-refractivity contribution >= 4 is 11.6 Å². The fourth-order valence-electron chi connectivity index (χ4n) is 1.64. The largest absolute Gasteiger partial charge is 0.508 e. The monoisotopic (exact) mass is 247 g/mol. The van der Waals surface area contributed by atoms with Crippen molar-refractivity contribution < 1.29 is 9.90 Å². The van der Waals surface area contributed by atoms with E-state index in [1.54, 1.807) is 12.1 Å². The molecule has 0 saturated carbocycles. The molecule has 3 heteroatoms. The summed E-state index contributed by atoms with van der Waals surface area (Å²) in [6.07, 6.45) is 3.28. The maximum atomic E-state index is 11.7. The number of carbonyl (C=O) groups is 1. The minimum Gasteiger partial charge on any atom is -0.508 e. The van der Waals surface area contributed by atoms with Crippen molar-refractivity contribution in [3.8, 4) is 5.75 Å². The molecule has 98 valence electrons. The quantitative estimate of drug-likeness (QED) is 0.629. The van der Waals surface area contributed by atoms with Crippen LogP contribution in [-0.2, 0) is 4.79 Å². The second-order valence-electron chi connectivity index (χ2n) is 4.82. The minimum absolute atomic E-state index is 0.000639. The van der Waals surface area contributed by atoms with Crippen molar-refractivity contribution in [3.05, 3.63) is 34.9 Å². The second kappa shape index (κ2) is 6.24. The number of rotatable bonds is 4. The van der Waals surface area contributed by atoms with Crippen LogP contribution in [0, 0.1) is 13.8 Å². The first-order chi connectivity index (χ1) is 8.40. The highest BCUT2D eigenvalue weighted by atomic mass is 16.3. The molecule has 3 nitrogen and oxygen atoms in total. The fraction of sp³-hybridized carbons (Fsp3) is 0.400. The first kappa shape index (κ1) is 14.3. The van der Waals surface area contributed by atoms with Crippen LogP contribution in [0.5, 0.6) is 5.75 Å². The smallest absolute Gasteiger partial charge is 0.224 e. The van der Waals surface area contributed by atoms with Gasteiger partial charge in [-0.25, -0.2) is 0 Å². The average molecular weight is 247 g/mol. The number of phenols is 1. The van der Waals surface area contributed by atoms with E-state index in [4.69, 9.17) is 0 Å². The van der Waals surface area contributed by atoms with E-state index in [-0.39, 0.29) is 11.7 Å². The van der Waals surface area contributed by atoms with Crippen molar-refractivity contribution in [2.45, 2.75) is 40.5 Å². The Morgan fingerprint density at radius 1 is 1.28 bits per heavy atom. The normalized spacial score (nSPS) is 10.0. The molecule has 2 N–H and O–H groups in total. The van der Waals surface area contributed by atoms with Gasteiger partial charge in [0.2, 0.25) is 5.91 Å². The van der Waals surface area contributed by atoms with Crippen LogP contribution in [0.1, 0.15) is 37.8 Å². The average Bonchev–Trinajstić information content (AvgIpc) is 2.25. The van der Waals surface area contributed by atoms with Crippen molar-refractivity contribution in [3.63, 3.8) is 0 Å². The van der Waals surface area contributed by atoms with Gasteiger partial charge in [0.25, 0.3) is 0 Å². The van der Waals surface area contributed by atoms with Crippen LogP contribution in [0.4, 0.5) is 5.69 Å². The van der Waals surface area contributed by atoms with Gasteiger partial charge in [0.1, 0.15) is 5.75 Å². The van der Waals surface area contributed by atoms with E-state index < -0.39 is 0 Å². The molecular weight excluding hydrogens is 226 g/mol. The molecule has 0 heterocycles. The highest BCUT2D eigenvalue weighted by Gasteiger charge is 2.06. The molecular formula is C15H21NO2. The van der Waals surface area contributed by atoms with Gasteiger partial charge < -0.3 is 10.4 Å². The SMILES string of the molecule is CC(C)=CCCC(=O)Nc1cc(C)c(O)cc1C. The Morgan fingerprint density at radius 3 is 2.56 bits per heavy atom. The number of nitrogens with one attached hydrogen (secondary N) is 1. The first-order valence-electron chi connectivity index (χ1n) is 6.13. The second-order valence-corrected chi connectivity index (χ2v) is 4.82. The standard InChI is InChI=1S/C15H21NO2/c1-10(2)6-5-7-15(18)16-13-8-12(4)14(17)9-11(13)3/h6,8-9,17H,5,7H2,1-4H3,(H,16,18). The lowest BCUT2D eigenvalue weighted by atomic mass is 10.1. The van der Waals surface area contributed by atoms with Crippen LogP contribution in [0.3, 0.4) is 0 Å². The molecule has 1 rings (SSSR count). The van der Waals surface area contributed by atoms with Crippen LogP contribution >= 0.6 is 0 Å². The third-order valence-electron chi connectivity index (χ3n) is 2.74. The van der Waals surface area contributed by atoms with E-state index in [9.17, 15) is 9.90 Å². The topological polar surface area (TPSA) is 49.3 Å². The lowest BCUT2D eigenvalue weighted by Crippen LogP contribution is -2.11. The number of phenolic OH excluding ortho intramolecular Hbond substituents is 1. The Balaban J connectivity index is 2.65. The van der Waals surface area contributed by atoms with Gasteiger partial charge in [-0.1, -0.05) is 11.6 Å². The van der Waals surface area contributed by atoms with Crippen molar-refractivity contribution in [1.29, 1.82) is 0 Å². The Morgan fingerprint density at radius 2 is 1.94 bits per heavy atom. The number of hydrogen-bond donors (Lipinski definition) is 2. The summed E-state index contributed by atoms with van der Waals surface area (Å²) in [5.74, 6) is 0.260. The first-order valence-corrected chi connectivity index (χ1v) is 6.13. The number of hydrogen-bond acceptors (Lipinski definition) is 2. The molecule has 0 atom stereocenters. The maximum Gasteiger partial charge on any atom is 0.224 e. The van der Waals surface area contributed by atoms with Gasteiger partial charge in [-0.3, -0.25) is 4.79 Å². The van der Waals surface area contributed by atoms with Crippen LogP contribution in [0.15, 0.2) is 23.8 Å². The highest BCUT2D eigenvalue weighted by Crippen LogP contribution is 2.25. The third-order valence-corrected chi connectivity index (χ3v) is 2.74. The van der Waals surface area contributed by atoms with E-state index in [1.165, 1.54) is 5.57 Å². The zero-order valence-electron chi connectivity index (χ0n) is 11.5. The van der Waals surface area contributed by atoms with Crippen molar-refractivity contribution in [1.82, 2.24) is 0 Å². The molecule has 0 fully saturated rings. The Kier molecular flexibility index (Phi) is 4.95. The molecule has 0 spiro atoms. The summed E-state index contributed by atoms with van der Waals surface area (Å²) in [5.41, 5.74) is 3.63. The third kappa shape index (κ3) is 4.24. The summed E-state index contributed by atoms with van der Waals surface area (Å²) in [7, 11) is 0. The van der Waals surface area contributed by atoms with E-state index in [1.807, 2.05) is 27.7 Å². The minimum atomic E-state index is 0.000639. The Hall–Kier alpha value is -1.77. The number of allylic oxidation sites excluding steroid dienone is 2. The van der Waals surface area contributed by atoms with Gasteiger partial charge >= 0.3 is 0 Å². The van der Waals surface area contributed by atoms with Gasteiger partial charge in [0.15, 0.2) is 0 Å². The molecule has 0 saturated heterocycles. The predicted molar refractivity (Wildman–Crippen MR) is 74.9 cm³/mol. The molecule has 0 aliphatic heterocycles. The van der Waals surface area contributed by atoms with E-state index in [0.717, 1.165) is 23.2 Å². The Labute approximate surface area is 109 Å². The van der Waals surface area contributed by atoms with E-state index in [2.05, 4.69) is 11.4 Å². The summed E-state index contributed by atoms with van der Waals surface area (Å²) in [6.45, 7) is 7.72. The van der Waals surface area contributed by atoms with E-state index >= 15 is 0 Å². The lowest BCUT2D eigenvalue weighted by Gasteiger charge is -2.10. The summed E-state index contributed by atoms with van der Waals surface area (Å²) in [5, 5.41) is 12.4. The van der Waals surface area contributed by atoms with Crippen LogP contribution in [0.2, 0.25) is 0 Å². The van der Waals surface area contributed by atoms with Crippen molar-refractivity contribution in [2.24, 2.45) is 0 Å². The molecule has 1 aromatic rings. The molecule has 0 aliphatic carbocycles. The molecule has 0 aromatic heterocycles. The lowest BCUT2D eigenvalue weighted by molar-refractivity contribution is -0.116. The molecule has 1 amide bonds. The van der Waals surface area contributed by atoms with Gasteiger partial charge in [0, 0.05) is 12.1 Å². The molecule has 0 unspecified atom stereocenters. The number of amides is 1. The summed E-state index contributed by atoms with van der Waals surface area (Å²) in [6, 6.07) is 3.46. The molecule has 0 bridgehead atoms. The van der Waals surface area contributed by atoms with Crippen LogP contribution in [-0.4, -0.2) is 11.0 Å². The molecule has 1 aromatic carbocycles. The summed E-state index contributed by atoms with van der Waals surface area (Å²) >= 11 is 0.